The predicted molar refractivity (Wildman–Crippen MR) is 59.8 cm³/mol. The van der Waals surface area contributed by atoms with Crippen molar-refractivity contribution in [1.82, 2.24) is 0 Å². The van der Waals surface area contributed by atoms with Crippen LogP contribution in [0.5, 0.6) is 0 Å². The Bertz CT molecular complexity index is 366. The lowest BCUT2D eigenvalue weighted by Crippen LogP contribution is -2.05. The topological polar surface area (TPSA) is 29.1 Å². The molecule has 0 aromatic heterocycles. The molecular formula is C12H14NO. The maximum absolute atomic E-state index is 10.8. The van der Waals surface area contributed by atoms with E-state index < -0.39 is 0 Å². The third kappa shape index (κ3) is 2.73. The molecule has 0 aliphatic heterocycles. The molecule has 1 aromatic rings. The van der Waals surface area contributed by atoms with Gasteiger partial charge in [0.1, 0.15) is 0 Å². The van der Waals surface area contributed by atoms with Crippen LogP contribution in [-0.2, 0) is 4.79 Å². The largest absolute Gasteiger partial charge is 0.326 e. The zero-order valence-electron chi connectivity index (χ0n) is 8.50. The smallest absolute Gasteiger partial charge is 0.221 e. The van der Waals surface area contributed by atoms with Crippen molar-refractivity contribution in [3.05, 3.63) is 42.8 Å². The SMILES string of the molecule is [CH2]/C=C(/C)c1cccc(NC(C)=O)c1. The molecule has 14 heavy (non-hydrogen) atoms. The Hall–Kier alpha value is -1.57. The predicted octanol–water partition coefficient (Wildman–Crippen LogP) is 2.88. The number of anilines is 1. The van der Waals surface area contributed by atoms with Gasteiger partial charge in [0.25, 0.3) is 0 Å². The third-order valence-electron chi connectivity index (χ3n) is 1.94. The van der Waals surface area contributed by atoms with Crippen molar-refractivity contribution in [2.24, 2.45) is 0 Å². The second kappa shape index (κ2) is 4.61. The van der Waals surface area contributed by atoms with E-state index in [0.717, 1.165) is 16.8 Å². The summed E-state index contributed by atoms with van der Waals surface area (Å²) in [5.41, 5.74) is 2.99. The van der Waals surface area contributed by atoms with E-state index in [1.165, 1.54) is 6.92 Å². The number of benzene rings is 1. The molecule has 0 heterocycles. The number of amides is 1. The van der Waals surface area contributed by atoms with Gasteiger partial charge in [-0.3, -0.25) is 4.79 Å². The summed E-state index contributed by atoms with van der Waals surface area (Å²) in [6.45, 7) is 7.19. The second-order valence-corrected chi connectivity index (χ2v) is 3.15. The molecule has 0 spiro atoms. The zero-order chi connectivity index (χ0) is 10.6. The standard InChI is InChI=1S/C12H14NO/c1-4-9(2)11-6-5-7-12(8-11)13-10(3)14/h4-8H,1H2,2-3H3,(H,13,14)/b9-4-. The Morgan fingerprint density at radius 2 is 2.14 bits per heavy atom. The highest BCUT2D eigenvalue weighted by atomic mass is 16.1. The summed E-state index contributed by atoms with van der Waals surface area (Å²) < 4.78 is 0. The number of carbonyl (C=O) groups excluding carboxylic acids is 1. The highest BCUT2D eigenvalue weighted by Crippen LogP contribution is 2.17. The van der Waals surface area contributed by atoms with Crippen molar-refractivity contribution >= 4 is 17.2 Å². The Labute approximate surface area is 84.6 Å². The van der Waals surface area contributed by atoms with E-state index in [-0.39, 0.29) is 5.91 Å². The molecule has 1 rings (SSSR count). The molecule has 0 bridgehead atoms. The number of rotatable bonds is 2. The molecule has 2 nitrogen and oxygen atoms in total. The van der Waals surface area contributed by atoms with Crippen LogP contribution >= 0.6 is 0 Å². The molecule has 2 heteroatoms. The first-order chi connectivity index (χ1) is 6.63. The summed E-state index contributed by atoms with van der Waals surface area (Å²) in [5.74, 6) is -0.0570. The van der Waals surface area contributed by atoms with Crippen LogP contribution in [0.1, 0.15) is 19.4 Å². The molecule has 1 radical (unpaired) electrons. The molecular weight excluding hydrogens is 174 g/mol. The van der Waals surface area contributed by atoms with Crippen LogP contribution in [0, 0.1) is 6.92 Å². The fourth-order valence-corrected chi connectivity index (χ4v) is 1.16. The zero-order valence-corrected chi connectivity index (χ0v) is 8.50. The van der Waals surface area contributed by atoms with E-state index in [1.54, 1.807) is 6.08 Å². The van der Waals surface area contributed by atoms with Crippen LogP contribution < -0.4 is 5.32 Å². The van der Waals surface area contributed by atoms with Crippen LogP contribution in [0.4, 0.5) is 5.69 Å². The number of allylic oxidation sites excluding steroid dienone is 2. The molecule has 0 saturated heterocycles. The van der Waals surface area contributed by atoms with E-state index in [2.05, 4.69) is 12.2 Å². The van der Waals surface area contributed by atoms with E-state index >= 15 is 0 Å². The average Bonchev–Trinajstić information content (AvgIpc) is 2.16. The van der Waals surface area contributed by atoms with Gasteiger partial charge in [-0.2, -0.15) is 0 Å². The van der Waals surface area contributed by atoms with Crippen molar-refractivity contribution in [3.63, 3.8) is 0 Å². The van der Waals surface area contributed by atoms with E-state index in [4.69, 9.17) is 0 Å². The van der Waals surface area contributed by atoms with E-state index in [0.29, 0.717) is 0 Å². The molecule has 0 aliphatic carbocycles. The first-order valence-corrected chi connectivity index (χ1v) is 4.47. The van der Waals surface area contributed by atoms with Crippen LogP contribution in [0.2, 0.25) is 0 Å². The lowest BCUT2D eigenvalue weighted by molar-refractivity contribution is -0.114. The summed E-state index contributed by atoms with van der Waals surface area (Å²) in [4.78, 5) is 10.8. The number of hydrogen-bond acceptors (Lipinski definition) is 1. The van der Waals surface area contributed by atoms with Gasteiger partial charge in [0.2, 0.25) is 5.91 Å². The van der Waals surface area contributed by atoms with Gasteiger partial charge in [-0.15, -0.1) is 0 Å². The van der Waals surface area contributed by atoms with Crippen molar-refractivity contribution in [2.75, 3.05) is 5.32 Å². The monoisotopic (exact) mass is 188 g/mol. The minimum Gasteiger partial charge on any atom is -0.326 e. The molecule has 1 aromatic carbocycles. The lowest BCUT2D eigenvalue weighted by Gasteiger charge is -2.05. The molecule has 0 saturated carbocycles. The Morgan fingerprint density at radius 1 is 1.43 bits per heavy atom. The summed E-state index contributed by atoms with van der Waals surface area (Å²) in [6, 6.07) is 7.69. The molecule has 0 aliphatic rings. The molecule has 73 valence electrons. The van der Waals surface area contributed by atoms with Gasteiger partial charge in [-0.25, -0.2) is 0 Å². The normalized spacial score (nSPS) is 11.2. The average molecular weight is 188 g/mol. The quantitative estimate of drug-likeness (QED) is 0.759. The molecule has 1 amide bonds. The third-order valence-corrected chi connectivity index (χ3v) is 1.94. The minimum atomic E-state index is -0.0570. The lowest BCUT2D eigenvalue weighted by atomic mass is 10.1. The molecule has 0 unspecified atom stereocenters. The van der Waals surface area contributed by atoms with Gasteiger partial charge in [0.15, 0.2) is 0 Å². The molecule has 0 atom stereocenters. The van der Waals surface area contributed by atoms with Crippen LogP contribution in [-0.4, -0.2) is 5.91 Å². The fourth-order valence-electron chi connectivity index (χ4n) is 1.16. The maximum Gasteiger partial charge on any atom is 0.221 e. The maximum atomic E-state index is 10.8. The number of hydrogen-bond donors (Lipinski definition) is 1. The highest BCUT2D eigenvalue weighted by Gasteiger charge is 1.98. The summed E-state index contributed by atoms with van der Waals surface area (Å²) in [6.07, 6.45) is 1.80. The van der Waals surface area contributed by atoms with Gasteiger partial charge in [0, 0.05) is 12.6 Å². The van der Waals surface area contributed by atoms with Gasteiger partial charge < -0.3 is 5.32 Å². The molecule has 0 fully saturated rings. The van der Waals surface area contributed by atoms with Crippen molar-refractivity contribution in [3.8, 4) is 0 Å². The van der Waals surface area contributed by atoms with Crippen LogP contribution in [0.15, 0.2) is 30.3 Å². The first-order valence-electron chi connectivity index (χ1n) is 4.47. The Balaban J connectivity index is 2.95. The summed E-state index contributed by atoms with van der Waals surface area (Å²) in [7, 11) is 0. The number of nitrogens with one attached hydrogen (secondary N) is 1. The van der Waals surface area contributed by atoms with Gasteiger partial charge >= 0.3 is 0 Å². The van der Waals surface area contributed by atoms with E-state index in [1.807, 2.05) is 31.2 Å². The number of carbonyl (C=O) groups is 1. The van der Waals surface area contributed by atoms with Gasteiger partial charge in [0.05, 0.1) is 0 Å². The second-order valence-electron chi connectivity index (χ2n) is 3.15. The Kier molecular flexibility index (Phi) is 3.46. The van der Waals surface area contributed by atoms with Crippen LogP contribution in [0.3, 0.4) is 0 Å². The molecule has 1 N–H and O–H groups in total. The first kappa shape index (κ1) is 10.5. The van der Waals surface area contributed by atoms with Crippen molar-refractivity contribution in [1.29, 1.82) is 0 Å². The van der Waals surface area contributed by atoms with Crippen molar-refractivity contribution < 1.29 is 4.79 Å². The van der Waals surface area contributed by atoms with Gasteiger partial charge in [-0.1, -0.05) is 18.2 Å². The highest BCUT2D eigenvalue weighted by molar-refractivity contribution is 5.89. The minimum absolute atomic E-state index is 0.0570. The Morgan fingerprint density at radius 3 is 2.71 bits per heavy atom. The van der Waals surface area contributed by atoms with E-state index in [9.17, 15) is 4.79 Å². The van der Waals surface area contributed by atoms with Crippen molar-refractivity contribution in [2.45, 2.75) is 13.8 Å². The fraction of sp³-hybridized carbons (Fsp3) is 0.167. The van der Waals surface area contributed by atoms with Gasteiger partial charge in [-0.05, 0) is 37.1 Å². The van der Waals surface area contributed by atoms with Crippen LogP contribution in [0.25, 0.3) is 5.57 Å². The summed E-state index contributed by atoms with van der Waals surface area (Å²) in [5, 5.41) is 2.74. The summed E-state index contributed by atoms with van der Waals surface area (Å²) >= 11 is 0.